The van der Waals surface area contributed by atoms with Crippen molar-refractivity contribution in [3.63, 3.8) is 0 Å². The lowest BCUT2D eigenvalue weighted by atomic mass is 10.0. The third-order valence-corrected chi connectivity index (χ3v) is 6.67. The molecule has 3 aromatic carbocycles. The van der Waals surface area contributed by atoms with E-state index >= 15 is 0 Å². The highest BCUT2D eigenvalue weighted by Gasteiger charge is 2.25. The number of para-hydroxylation sites is 1. The number of halogens is 3. The SMILES string of the molecule is O=S(=O)(c1ccc(F)c(Cl)c1)c1cnc2ccccc2c1-c1ccc(Cl)cc1. The van der Waals surface area contributed by atoms with Gasteiger partial charge in [0.05, 0.1) is 20.3 Å². The molecule has 0 atom stereocenters. The van der Waals surface area contributed by atoms with E-state index in [9.17, 15) is 12.8 Å². The maximum atomic E-state index is 13.5. The predicted molar refractivity (Wildman–Crippen MR) is 109 cm³/mol. The second-order valence-electron chi connectivity index (χ2n) is 6.10. The average Bonchev–Trinajstić information content (AvgIpc) is 2.69. The van der Waals surface area contributed by atoms with Gasteiger partial charge in [-0.15, -0.1) is 0 Å². The Morgan fingerprint density at radius 1 is 0.893 bits per heavy atom. The van der Waals surface area contributed by atoms with E-state index in [1.54, 1.807) is 30.3 Å². The molecule has 0 spiro atoms. The molecule has 4 aromatic rings. The molecule has 0 aliphatic carbocycles. The van der Waals surface area contributed by atoms with Crippen LogP contribution in [-0.4, -0.2) is 13.4 Å². The Hall–Kier alpha value is -2.47. The summed E-state index contributed by atoms with van der Waals surface area (Å²) in [4.78, 5) is 4.21. The van der Waals surface area contributed by atoms with Crippen LogP contribution in [-0.2, 0) is 9.84 Å². The lowest BCUT2D eigenvalue weighted by molar-refractivity contribution is 0.595. The molecule has 0 bridgehead atoms. The maximum Gasteiger partial charge on any atom is 0.208 e. The van der Waals surface area contributed by atoms with Gasteiger partial charge in [0.25, 0.3) is 0 Å². The zero-order valence-electron chi connectivity index (χ0n) is 14.2. The third-order valence-electron chi connectivity index (χ3n) is 4.36. The summed E-state index contributed by atoms with van der Waals surface area (Å²) >= 11 is 11.8. The molecule has 7 heteroatoms. The van der Waals surface area contributed by atoms with Crippen molar-refractivity contribution >= 4 is 43.9 Å². The number of pyridine rings is 1. The van der Waals surface area contributed by atoms with Crippen LogP contribution in [0.15, 0.2) is 82.7 Å². The van der Waals surface area contributed by atoms with Crippen molar-refractivity contribution < 1.29 is 12.8 Å². The number of aromatic nitrogens is 1. The first-order chi connectivity index (χ1) is 13.4. The predicted octanol–water partition coefficient (Wildman–Crippen LogP) is 6.18. The summed E-state index contributed by atoms with van der Waals surface area (Å²) in [6.07, 6.45) is 1.32. The lowest BCUT2D eigenvalue weighted by Crippen LogP contribution is -2.06. The molecular weight excluding hydrogens is 420 g/mol. The second kappa shape index (κ2) is 7.17. The first-order valence-electron chi connectivity index (χ1n) is 8.22. The number of fused-ring (bicyclic) bond motifs is 1. The summed E-state index contributed by atoms with van der Waals surface area (Å²) in [5.41, 5.74) is 1.83. The van der Waals surface area contributed by atoms with Gasteiger partial charge in [0.1, 0.15) is 5.82 Å². The van der Waals surface area contributed by atoms with E-state index in [2.05, 4.69) is 4.98 Å². The average molecular weight is 432 g/mol. The Kier molecular flexibility index (Phi) is 4.83. The minimum Gasteiger partial charge on any atom is -0.255 e. The van der Waals surface area contributed by atoms with E-state index in [0.717, 1.165) is 12.1 Å². The molecule has 0 radical (unpaired) electrons. The van der Waals surface area contributed by atoms with Crippen LogP contribution in [0.2, 0.25) is 10.0 Å². The molecule has 1 heterocycles. The largest absolute Gasteiger partial charge is 0.255 e. The van der Waals surface area contributed by atoms with Crippen LogP contribution >= 0.6 is 23.2 Å². The summed E-state index contributed by atoms with van der Waals surface area (Å²) in [5, 5.41) is 0.957. The van der Waals surface area contributed by atoms with Crippen LogP contribution in [0.3, 0.4) is 0 Å². The number of hydrogen-bond donors (Lipinski definition) is 0. The van der Waals surface area contributed by atoms with E-state index < -0.39 is 15.7 Å². The molecule has 3 nitrogen and oxygen atoms in total. The Bertz CT molecular complexity index is 1310. The molecule has 28 heavy (non-hydrogen) atoms. The van der Waals surface area contributed by atoms with Crippen molar-refractivity contribution in [1.82, 2.24) is 4.98 Å². The number of rotatable bonds is 3. The Balaban J connectivity index is 2.05. The highest BCUT2D eigenvalue weighted by atomic mass is 35.5. The first-order valence-corrected chi connectivity index (χ1v) is 10.5. The number of hydrogen-bond acceptors (Lipinski definition) is 3. The highest BCUT2D eigenvalue weighted by Crippen LogP contribution is 2.37. The van der Waals surface area contributed by atoms with Gasteiger partial charge in [-0.2, -0.15) is 0 Å². The van der Waals surface area contributed by atoms with Crippen LogP contribution < -0.4 is 0 Å². The van der Waals surface area contributed by atoms with Gasteiger partial charge >= 0.3 is 0 Å². The van der Waals surface area contributed by atoms with Crippen molar-refractivity contribution in [2.24, 2.45) is 0 Å². The molecule has 0 N–H and O–H groups in total. The van der Waals surface area contributed by atoms with E-state index in [-0.39, 0.29) is 14.8 Å². The molecule has 0 aliphatic heterocycles. The summed E-state index contributed by atoms with van der Waals surface area (Å²) < 4.78 is 40.2. The first kappa shape index (κ1) is 18.9. The van der Waals surface area contributed by atoms with Gasteiger partial charge in [0.2, 0.25) is 9.84 Å². The van der Waals surface area contributed by atoms with Gasteiger partial charge < -0.3 is 0 Å². The van der Waals surface area contributed by atoms with E-state index in [1.807, 2.05) is 18.2 Å². The van der Waals surface area contributed by atoms with Crippen molar-refractivity contribution in [2.75, 3.05) is 0 Å². The highest BCUT2D eigenvalue weighted by molar-refractivity contribution is 7.91. The fourth-order valence-corrected chi connectivity index (χ4v) is 4.85. The summed E-state index contributed by atoms with van der Waals surface area (Å²) in [5.74, 6) is -0.685. The number of sulfone groups is 1. The third kappa shape index (κ3) is 3.26. The van der Waals surface area contributed by atoms with Crippen LogP contribution in [0.25, 0.3) is 22.0 Å². The molecule has 0 amide bonds. The molecule has 0 fully saturated rings. The second-order valence-corrected chi connectivity index (χ2v) is 8.86. The topological polar surface area (TPSA) is 47.0 Å². The van der Waals surface area contributed by atoms with Gasteiger partial charge in [-0.3, -0.25) is 4.98 Å². The normalized spacial score (nSPS) is 11.7. The standard InChI is InChI=1S/C21H12Cl2FNO2S/c22-14-7-5-13(6-8-14)21-16-3-1-2-4-19(16)25-12-20(21)28(26,27)15-9-10-18(24)17(23)11-15/h1-12H. The van der Waals surface area contributed by atoms with Gasteiger partial charge in [0.15, 0.2) is 0 Å². The summed E-state index contributed by atoms with van der Waals surface area (Å²) in [6.45, 7) is 0. The van der Waals surface area contributed by atoms with E-state index in [0.29, 0.717) is 27.1 Å². The fraction of sp³-hybridized carbons (Fsp3) is 0. The van der Waals surface area contributed by atoms with Gasteiger partial charge in [0, 0.05) is 22.2 Å². The van der Waals surface area contributed by atoms with Crippen LogP contribution in [0.1, 0.15) is 0 Å². The molecule has 0 saturated carbocycles. The molecule has 140 valence electrons. The smallest absolute Gasteiger partial charge is 0.208 e. The minimum atomic E-state index is -4.01. The lowest BCUT2D eigenvalue weighted by Gasteiger charge is -2.14. The summed E-state index contributed by atoms with van der Waals surface area (Å²) in [7, 11) is -4.01. The van der Waals surface area contributed by atoms with Crippen LogP contribution in [0.4, 0.5) is 4.39 Å². The van der Waals surface area contributed by atoms with Crippen LogP contribution in [0.5, 0.6) is 0 Å². The monoisotopic (exact) mass is 431 g/mol. The molecule has 0 unspecified atom stereocenters. The fourth-order valence-electron chi connectivity index (χ4n) is 3.01. The maximum absolute atomic E-state index is 13.5. The summed E-state index contributed by atoms with van der Waals surface area (Å²) in [6, 6.07) is 17.5. The van der Waals surface area contributed by atoms with Gasteiger partial charge in [-0.25, -0.2) is 12.8 Å². The van der Waals surface area contributed by atoms with E-state index in [4.69, 9.17) is 23.2 Å². The van der Waals surface area contributed by atoms with E-state index in [1.165, 1.54) is 12.3 Å². The van der Waals surface area contributed by atoms with Crippen molar-refractivity contribution in [1.29, 1.82) is 0 Å². The van der Waals surface area contributed by atoms with Crippen LogP contribution in [0, 0.1) is 5.82 Å². The Morgan fingerprint density at radius 3 is 2.32 bits per heavy atom. The quantitative estimate of drug-likeness (QED) is 0.363. The number of benzene rings is 3. The van der Waals surface area contributed by atoms with Gasteiger partial charge in [-0.05, 0) is 42.0 Å². The van der Waals surface area contributed by atoms with Crippen molar-refractivity contribution in [3.8, 4) is 11.1 Å². The van der Waals surface area contributed by atoms with Gasteiger partial charge in [-0.1, -0.05) is 53.5 Å². The minimum absolute atomic E-state index is 0.0104. The molecule has 1 aromatic heterocycles. The number of nitrogens with zero attached hydrogens (tertiary/aromatic N) is 1. The molecule has 0 saturated heterocycles. The zero-order valence-corrected chi connectivity index (χ0v) is 16.6. The Labute approximate surface area is 171 Å². The molecular formula is C21H12Cl2FNO2S. The Morgan fingerprint density at radius 2 is 1.61 bits per heavy atom. The van der Waals surface area contributed by atoms with Crippen molar-refractivity contribution in [3.05, 3.63) is 88.8 Å². The zero-order chi connectivity index (χ0) is 19.9. The molecule has 0 aliphatic rings. The van der Waals surface area contributed by atoms with Crippen molar-refractivity contribution in [2.45, 2.75) is 9.79 Å². The molecule has 4 rings (SSSR count).